The maximum Gasteiger partial charge on any atom is 0.227 e. The molecule has 3 nitrogen and oxygen atoms in total. The molecule has 2 aromatic carbocycles. The third-order valence-corrected chi connectivity index (χ3v) is 4.85. The quantitative estimate of drug-likeness (QED) is 0.783. The van der Waals surface area contributed by atoms with Gasteiger partial charge in [-0.2, -0.15) is 0 Å². The minimum atomic E-state index is -0.169. The van der Waals surface area contributed by atoms with Crippen LogP contribution in [0.2, 0.25) is 0 Å². The van der Waals surface area contributed by atoms with Crippen LogP contribution in [0.5, 0.6) is 0 Å². The highest BCUT2D eigenvalue weighted by Gasteiger charge is 2.28. The van der Waals surface area contributed by atoms with E-state index in [1.54, 1.807) is 6.07 Å². The molecule has 1 atom stereocenters. The summed E-state index contributed by atoms with van der Waals surface area (Å²) in [5.74, 6) is 0.00784. The molecule has 26 heavy (non-hydrogen) atoms. The Kier molecular flexibility index (Phi) is 7.61. The van der Waals surface area contributed by atoms with Crippen molar-refractivity contribution < 1.29 is 9.18 Å². The Morgan fingerprint density at radius 3 is 2.58 bits per heavy atom. The molecule has 1 fully saturated rings. The Morgan fingerprint density at radius 1 is 1.15 bits per heavy atom. The van der Waals surface area contributed by atoms with Gasteiger partial charge in [0.05, 0.1) is 5.92 Å². The van der Waals surface area contributed by atoms with Crippen molar-refractivity contribution in [2.75, 3.05) is 20.1 Å². The van der Waals surface area contributed by atoms with Gasteiger partial charge in [-0.15, -0.1) is 12.4 Å². The fourth-order valence-electron chi connectivity index (χ4n) is 3.52. The molecule has 1 heterocycles. The Balaban J connectivity index is 0.00000243. The zero-order valence-electron chi connectivity index (χ0n) is 15.1. The van der Waals surface area contributed by atoms with E-state index in [1.807, 2.05) is 54.4 Å². The van der Waals surface area contributed by atoms with Crippen molar-refractivity contribution in [2.45, 2.75) is 25.9 Å². The van der Waals surface area contributed by atoms with Gasteiger partial charge >= 0.3 is 0 Å². The van der Waals surface area contributed by atoms with E-state index in [1.165, 1.54) is 6.07 Å². The third kappa shape index (κ3) is 5.29. The second-order valence-corrected chi connectivity index (χ2v) is 6.85. The summed E-state index contributed by atoms with van der Waals surface area (Å²) in [5.41, 5.74) is 1.84. The first-order valence-electron chi connectivity index (χ1n) is 8.88. The molecule has 0 N–H and O–H groups in total. The van der Waals surface area contributed by atoms with Gasteiger partial charge in [-0.3, -0.25) is 9.69 Å². The Labute approximate surface area is 161 Å². The lowest BCUT2D eigenvalue weighted by Crippen LogP contribution is -2.43. The van der Waals surface area contributed by atoms with E-state index in [4.69, 9.17) is 0 Å². The molecule has 0 spiro atoms. The zero-order chi connectivity index (χ0) is 17.6. The van der Waals surface area contributed by atoms with E-state index in [0.29, 0.717) is 25.2 Å². The summed E-state index contributed by atoms with van der Waals surface area (Å²) in [7, 11) is 1.87. The molecule has 5 heteroatoms. The Bertz CT molecular complexity index is 710. The van der Waals surface area contributed by atoms with Crippen molar-refractivity contribution in [1.29, 1.82) is 0 Å². The standard InChI is InChI=1S/C21H25FN2O.ClH/c1-23(14-17-8-3-2-4-9-17)21(25)19-11-7-13-24(16-19)15-18-10-5-6-12-20(18)22;/h2-6,8-10,12,19H,7,11,13-16H2,1H3;1H. The normalized spacial score (nSPS) is 17.4. The maximum atomic E-state index is 13.9. The summed E-state index contributed by atoms with van der Waals surface area (Å²) in [6.45, 7) is 2.81. The lowest BCUT2D eigenvalue weighted by molar-refractivity contribution is -0.136. The molecule has 0 aliphatic carbocycles. The molecule has 0 radical (unpaired) electrons. The zero-order valence-corrected chi connectivity index (χ0v) is 15.9. The molecule has 1 aliphatic heterocycles. The predicted molar refractivity (Wildman–Crippen MR) is 105 cm³/mol. The lowest BCUT2D eigenvalue weighted by atomic mass is 9.96. The van der Waals surface area contributed by atoms with Gasteiger partial charge < -0.3 is 4.90 Å². The third-order valence-electron chi connectivity index (χ3n) is 4.85. The van der Waals surface area contributed by atoms with Crippen molar-refractivity contribution in [3.05, 3.63) is 71.5 Å². The molecule has 1 unspecified atom stereocenters. The number of rotatable bonds is 5. The summed E-state index contributed by atoms with van der Waals surface area (Å²) >= 11 is 0. The first kappa shape index (κ1) is 20.4. The van der Waals surface area contributed by atoms with Gasteiger partial charge in [-0.25, -0.2) is 4.39 Å². The number of benzene rings is 2. The SMILES string of the molecule is CN(Cc1ccccc1)C(=O)C1CCCN(Cc2ccccc2F)C1.Cl. The topological polar surface area (TPSA) is 23.6 Å². The van der Waals surface area contributed by atoms with Crippen LogP contribution in [0.3, 0.4) is 0 Å². The molecule has 3 rings (SSSR count). The number of piperidine rings is 1. The van der Waals surface area contributed by atoms with Crippen molar-refractivity contribution in [3.8, 4) is 0 Å². The Morgan fingerprint density at radius 2 is 1.85 bits per heavy atom. The molecule has 140 valence electrons. The molecule has 2 aromatic rings. The monoisotopic (exact) mass is 376 g/mol. The van der Waals surface area contributed by atoms with Crippen LogP contribution in [-0.2, 0) is 17.9 Å². The van der Waals surface area contributed by atoms with E-state index in [9.17, 15) is 9.18 Å². The summed E-state index contributed by atoms with van der Waals surface area (Å²) in [4.78, 5) is 16.8. The van der Waals surface area contributed by atoms with Crippen LogP contribution < -0.4 is 0 Å². The largest absolute Gasteiger partial charge is 0.341 e. The average Bonchev–Trinajstić information content (AvgIpc) is 2.64. The molecule has 1 amide bonds. The van der Waals surface area contributed by atoms with Crippen molar-refractivity contribution in [1.82, 2.24) is 9.80 Å². The van der Waals surface area contributed by atoms with E-state index in [0.717, 1.165) is 24.9 Å². The van der Waals surface area contributed by atoms with Gasteiger partial charge in [0.2, 0.25) is 5.91 Å². The van der Waals surface area contributed by atoms with Gasteiger partial charge in [0.25, 0.3) is 0 Å². The van der Waals surface area contributed by atoms with E-state index < -0.39 is 0 Å². The number of amides is 1. The molecule has 1 aliphatic rings. The minimum Gasteiger partial charge on any atom is -0.341 e. The first-order valence-corrected chi connectivity index (χ1v) is 8.88. The van der Waals surface area contributed by atoms with Crippen LogP contribution in [0.4, 0.5) is 4.39 Å². The number of hydrogen-bond donors (Lipinski definition) is 0. The molecular weight excluding hydrogens is 351 g/mol. The van der Waals surface area contributed by atoms with Gasteiger partial charge in [-0.05, 0) is 31.0 Å². The van der Waals surface area contributed by atoms with E-state index >= 15 is 0 Å². The fraction of sp³-hybridized carbons (Fsp3) is 0.381. The van der Waals surface area contributed by atoms with Gasteiger partial charge in [0, 0.05) is 32.2 Å². The van der Waals surface area contributed by atoms with E-state index in [2.05, 4.69) is 4.90 Å². The number of hydrogen-bond acceptors (Lipinski definition) is 2. The summed E-state index contributed by atoms with van der Waals surface area (Å²) < 4.78 is 13.9. The first-order chi connectivity index (χ1) is 12.1. The highest BCUT2D eigenvalue weighted by molar-refractivity contribution is 5.85. The molecule has 1 saturated heterocycles. The van der Waals surface area contributed by atoms with Crippen LogP contribution in [0.25, 0.3) is 0 Å². The van der Waals surface area contributed by atoms with Crippen molar-refractivity contribution in [2.24, 2.45) is 5.92 Å². The van der Waals surface area contributed by atoms with Crippen LogP contribution in [0.15, 0.2) is 54.6 Å². The highest BCUT2D eigenvalue weighted by Crippen LogP contribution is 2.21. The van der Waals surface area contributed by atoms with E-state index in [-0.39, 0.29) is 30.0 Å². The smallest absolute Gasteiger partial charge is 0.227 e. The molecule has 0 saturated carbocycles. The number of carbonyl (C=O) groups is 1. The predicted octanol–water partition coefficient (Wildman–Crippen LogP) is 4.12. The van der Waals surface area contributed by atoms with Crippen LogP contribution >= 0.6 is 12.4 Å². The number of nitrogens with zero attached hydrogens (tertiary/aromatic N) is 2. The Hall–Kier alpha value is -1.91. The minimum absolute atomic E-state index is 0. The van der Waals surface area contributed by atoms with Gasteiger partial charge in [0.1, 0.15) is 5.82 Å². The van der Waals surface area contributed by atoms with Gasteiger partial charge in [0.15, 0.2) is 0 Å². The molecule has 0 bridgehead atoms. The lowest BCUT2D eigenvalue weighted by Gasteiger charge is -2.34. The maximum absolute atomic E-state index is 13.9. The van der Waals surface area contributed by atoms with Gasteiger partial charge in [-0.1, -0.05) is 48.5 Å². The summed E-state index contributed by atoms with van der Waals surface area (Å²) in [6, 6.07) is 16.9. The molecular formula is C21H26ClFN2O. The summed E-state index contributed by atoms with van der Waals surface area (Å²) in [5, 5.41) is 0. The van der Waals surface area contributed by atoms with Crippen molar-refractivity contribution >= 4 is 18.3 Å². The number of halogens is 2. The van der Waals surface area contributed by atoms with Crippen molar-refractivity contribution in [3.63, 3.8) is 0 Å². The summed E-state index contributed by atoms with van der Waals surface area (Å²) in [6.07, 6.45) is 1.88. The fourth-order valence-corrected chi connectivity index (χ4v) is 3.52. The number of carbonyl (C=O) groups excluding carboxylic acids is 1. The average molecular weight is 377 g/mol. The second kappa shape index (κ2) is 9.70. The van der Waals surface area contributed by atoms with Crippen LogP contribution in [0.1, 0.15) is 24.0 Å². The number of likely N-dealkylation sites (tertiary alicyclic amines) is 1. The molecule has 0 aromatic heterocycles. The highest BCUT2D eigenvalue weighted by atomic mass is 35.5. The second-order valence-electron chi connectivity index (χ2n) is 6.85. The van der Waals surface area contributed by atoms with Crippen LogP contribution in [0, 0.1) is 11.7 Å². The van der Waals surface area contributed by atoms with Crippen LogP contribution in [-0.4, -0.2) is 35.8 Å².